The highest BCUT2D eigenvalue weighted by atomic mass is 32.2. The van der Waals surface area contributed by atoms with E-state index >= 15 is 0 Å². The molecule has 1 heterocycles. The van der Waals surface area contributed by atoms with Crippen molar-refractivity contribution in [3.8, 4) is 0 Å². The number of nitrogens with two attached hydrogens (primary N) is 1. The molecule has 1 aromatic rings. The summed E-state index contributed by atoms with van der Waals surface area (Å²) in [4.78, 5) is 25.8. The number of nitrogens with zero attached hydrogens (tertiary/aromatic N) is 1. The molecule has 2 aliphatic rings. The van der Waals surface area contributed by atoms with Crippen molar-refractivity contribution < 1.29 is 18.0 Å². The van der Waals surface area contributed by atoms with Gasteiger partial charge in [-0.3, -0.25) is 14.5 Å². The Balaban J connectivity index is 1.94. The molecule has 2 N–H and O–H groups in total. The lowest BCUT2D eigenvalue weighted by atomic mass is 9.85. The van der Waals surface area contributed by atoms with E-state index < -0.39 is 10.0 Å². The van der Waals surface area contributed by atoms with Crippen molar-refractivity contribution in [2.75, 3.05) is 4.90 Å². The normalized spacial score (nSPS) is 25.3. The van der Waals surface area contributed by atoms with E-state index in [1.165, 1.54) is 24.3 Å². The number of hydrogen-bond acceptors (Lipinski definition) is 4. The Kier molecular flexibility index (Phi) is 3.18. The smallest absolute Gasteiger partial charge is 0.238 e. The summed E-state index contributed by atoms with van der Waals surface area (Å²) in [6.07, 6.45) is 4.97. The van der Waals surface area contributed by atoms with Gasteiger partial charge in [0.15, 0.2) is 0 Å². The zero-order chi connectivity index (χ0) is 15.2. The molecule has 3 rings (SSSR count). The zero-order valence-electron chi connectivity index (χ0n) is 11.1. The molecule has 1 aliphatic carbocycles. The first-order chi connectivity index (χ1) is 9.89. The standard InChI is InChI=1S/C14H14N2O4S/c15-21(19,20)10-7-5-9(6-8-10)16-13(17)11-3-1-2-4-12(11)14(16)18/h1-2,5-8,11-12H,3-4H2,(H2,15,19,20)/t11-,12+. The summed E-state index contributed by atoms with van der Waals surface area (Å²) in [5.74, 6) is -1.06. The number of carbonyl (C=O) groups is 2. The molecule has 0 aromatic heterocycles. The van der Waals surface area contributed by atoms with E-state index in [0.29, 0.717) is 18.5 Å². The molecule has 0 radical (unpaired) electrons. The summed E-state index contributed by atoms with van der Waals surface area (Å²) in [6.45, 7) is 0. The van der Waals surface area contributed by atoms with Crippen LogP contribution in [0, 0.1) is 11.8 Å². The van der Waals surface area contributed by atoms with Crippen LogP contribution in [0.4, 0.5) is 5.69 Å². The second-order valence-corrected chi connectivity index (χ2v) is 6.77. The van der Waals surface area contributed by atoms with Crippen molar-refractivity contribution in [3.63, 3.8) is 0 Å². The lowest BCUT2D eigenvalue weighted by molar-refractivity contribution is -0.122. The van der Waals surface area contributed by atoms with Crippen molar-refractivity contribution in [1.29, 1.82) is 0 Å². The summed E-state index contributed by atoms with van der Waals surface area (Å²) >= 11 is 0. The maximum atomic E-state index is 12.4. The molecule has 0 saturated carbocycles. The summed E-state index contributed by atoms with van der Waals surface area (Å²) in [6, 6.07) is 5.46. The van der Waals surface area contributed by atoms with E-state index in [1.54, 1.807) is 0 Å². The summed E-state index contributed by atoms with van der Waals surface area (Å²) in [7, 11) is -3.79. The second kappa shape index (κ2) is 4.78. The largest absolute Gasteiger partial charge is 0.274 e. The molecule has 0 spiro atoms. The van der Waals surface area contributed by atoms with E-state index in [1.807, 2.05) is 12.2 Å². The summed E-state index contributed by atoms with van der Waals surface area (Å²) < 4.78 is 22.4. The van der Waals surface area contributed by atoms with Gasteiger partial charge in [-0.15, -0.1) is 0 Å². The molecule has 6 nitrogen and oxygen atoms in total. The Morgan fingerprint density at radius 2 is 1.43 bits per heavy atom. The molecule has 1 aromatic carbocycles. The van der Waals surface area contributed by atoms with Gasteiger partial charge < -0.3 is 0 Å². The molecule has 21 heavy (non-hydrogen) atoms. The fraction of sp³-hybridized carbons (Fsp3) is 0.286. The Morgan fingerprint density at radius 3 is 1.86 bits per heavy atom. The van der Waals surface area contributed by atoms with Crippen molar-refractivity contribution in [3.05, 3.63) is 36.4 Å². The maximum Gasteiger partial charge on any atom is 0.238 e. The highest BCUT2D eigenvalue weighted by molar-refractivity contribution is 7.89. The number of fused-ring (bicyclic) bond motifs is 1. The Bertz CT molecular complexity index is 711. The highest BCUT2D eigenvalue weighted by Gasteiger charge is 2.47. The van der Waals surface area contributed by atoms with E-state index in [-0.39, 0.29) is 28.5 Å². The minimum Gasteiger partial charge on any atom is -0.274 e. The quantitative estimate of drug-likeness (QED) is 0.645. The predicted octanol–water partition coefficient (Wildman–Crippen LogP) is 0.790. The third-order valence-electron chi connectivity index (χ3n) is 3.93. The van der Waals surface area contributed by atoms with Crippen LogP contribution in [0.3, 0.4) is 0 Å². The van der Waals surface area contributed by atoms with Crippen LogP contribution in [0.15, 0.2) is 41.3 Å². The monoisotopic (exact) mass is 306 g/mol. The molecule has 2 atom stereocenters. The fourth-order valence-electron chi connectivity index (χ4n) is 2.84. The number of allylic oxidation sites excluding steroid dienone is 2. The minimum atomic E-state index is -3.79. The fourth-order valence-corrected chi connectivity index (χ4v) is 3.36. The van der Waals surface area contributed by atoms with Gasteiger partial charge >= 0.3 is 0 Å². The number of anilines is 1. The number of sulfonamides is 1. The molecular weight excluding hydrogens is 292 g/mol. The summed E-state index contributed by atoms with van der Waals surface area (Å²) in [5, 5.41) is 5.03. The zero-order valence-corrected chi connectivity index (χ0v) is 11.9. The number of primary sulfonamides is 1. The van der Waals surface area contributed by atoms with Crippen LogP contribution in [0.1, 0.15) is 12.8 Å². The van der Waals surface area contributed by atoms with Crippen molar-refractivity contribution in [2.24, 2.45) is 17.0 Å². The van der Waals surface area contributed by atoms with Gasteiger partial charge in [-0.05, 0) is 37.1 Å². The van der Waals surface area contributed by atoms with Crippen LogP contribution in [-0.2, 0) is 19.6 Å². The Morgan fingerprint density at radius 1 is 0.952 bits per heavy atom. The van der Waals surface area contributed by atoms with Crippen molar-refractivity contribution in [2.45, 2.75) is 17.7 Å². The van der Waals surface area contributed by atoms with Gasteiger partial charge in [0.2, 0.25) is 21.8 Å². The van der Waals surface area contributed by atoms with Crippen molar-refractivity contribution >= 4 is 27.5 Å². The average Bonchev–Trinajstić information content (AvgIpc) is 2.71. The van der Waals surface area contributed by atoms with Crippen LogP contribution >= 0.6 is 0 Å². The molecular formula is C14H14N2O4S. The number of rotatable bonds is 2. The Labute approximate surface area is 122 Å². The van der Waals surface area contributed by atoms with Crippen LogP contribution < -0.4 is 10.0 Å². The van der Waals surface area contributed by atoms with Crippen LogP contribution in [0.2, 0.25) is 0 Å². The number of amides is 2. The third-order valence-corrected chi connectivity index (χ3v) is 4.86. The predicted molar refractivity (Wildman–Crippen MR) is 75.7 cm³/mol. The van der Waals surface area contributed by atoms with Gasteiger partial charge in [-0.2, -0.15) is 0 Å². The number of carbonyl (C=O) groups excluding carboxylic acids is 2. The van der Waals surface area contributed by atoms with E-state index in [0.717, 1.165) is 4.90 Å². The molecule has 0 bridgehead atoms. The van der Waals surface area contributed by atoms with Gasteiger partial charge in [-0.1, -0.05) is 12.2 Å². The van der Waals surface area contributed by atoms with Gasteiger partial charge in [0.25, 0.3) is 0 Å². The van der Waals surface area contributed by atoms with Crippen LogP contribution in [0.25, 0.3) is 0 Å². The lowest BCUT2D eigenvalue weighted by Gasteiger charge is -2.14. The van der Waals surface area contributed by atoms with Gasteiger partial charge in [0.1, 0.15) is 0 Å². The van der Waals surface area contributed by atoms with Gasteiger partial charge in [-0.25, -0.2) is 13.6 Å². The van der Waals surface area contributed by atoms with Gasteiger partial charge in [0, 0.05) is 0 Å². The molecule has 2 amide bonds. The minimum absolute atomic E-state index is 0.0515. The average molecular weight is 306 g/mol. The lowest BCUT2D eigenvalue weighted by Crippen LogP contribution is -2.30. The SMILES string of the molecule is NS(=O)(=O)c1ccc(N2C(=O)[C@H]3CC=CC[C@H]3C2=O)cc1. The van der Waals surface area contributed by atoms with E-state index in [2.05, 4.69) is 0 Å². The second-order valence-electron chi connectivity index (χ2n) is 5.21. The highest BCUT2D eigenvalue weighted by Crippen LogP contribution is 2.37. The molecule has 1 aliphatic heterocycles. The first-order valence-corrected chi connectivity index (χ1v) is 8.10. The number of hydrogen-bond donors (Lipinski definition) is 1. The van der Waals surface area contributed by atoms with Crippen molar-refractivity contribution in [1.82, 2.24) is 0 Å². The van der Waals surface area contributed by atoms with Crippen LogP contribution in [0.5, 0.6) is 0 Å². The van der Waals surface area contributed by atoms with E-state index in [9.17, 15) is 18.0 Å². The topological polar surface area (TPSA) is 97.5 Å². The van der Waals surface area contributed by atoms with Gasteiger partial charge in [0.05, 0.1) is 22.4 Å². The first-order valence-electron chi connectivity index (χ1n) is 6.55. The maximum absolute atomic E-state index is 12.4. The third kappa shape index (κ3) is 2.28. The summed E-state index contributed by atoms with van der Waals surface area (Å²) in [5.41, 5.74) is 0.381. The van der Waals surface area contributed by atoms with Crippen LogP contribution in [-0.4, -0.2) is 20.2 Å². The molecule has 1 fully saturated rings. The Hall–Kier alpha value is -1.99. The molecule has 0 unspecified atom stereocenters. The first kappa shape index (κ1) is 14.0. The number of imide groups is 1. The number of benzene rings is 1. The van der Waals surface area contributed by atoms with E-state index in [4.69, 9.17) is 5.14 Å². The molecule has 110 valence electrons. The molecule has 1 saturated heterocycles. The molecule has 7 heteroatoms.